The van der Waals surface area contributed by atoms with Crippen LogP contribution in [0.4, 0.5) is 0 Å². The molecule has 0 radical (unpaired) electrons. The summed E-state index contributed by atoms with van der Waals surface area (Å²) in [5.41, 5.74) is 5.22. The molecule has 0 bridgehead atoms. The fourth-order valence-corrected chi connectivity index (χ4v) is 4.87. The van der Waals surface area contributed by atoms with Crippen LogP contribution in [0, 0.1) is 13.8 Å². The van der Waals surface area contributed by atoms with E-state index in [1.807, 2.05) is 80.6 Å². The van der Waals surface area contributed by atoms with Crippen molar-refractivity contribution >= 4 is 10.0 Å². The second-order valence-corrected chi connectivity index (χ2v) is 9.09. The molecule has 30 heavy (non-hydrogen) atoms. The third kappa shape index (κ3) is 3.64. The van der Waals surface area contributed by atoms with Crippen molar-refractivity contribution in [3.63, 3.8) is 0 Å². The van der Waals surface area contributed by atoms with E-state index in [1.54, 1.807) is 25.4 Å². The molecule has 4 aromatic rings. The van der Waals surface area contributed by atoms with Gasteiger partial charge < -0.3 is 4.74 Å². The Morgan fingerprint density at radius 1 is 0.800 bits per heavy atom. The quantitative estimate of drug-likeness (QED) is 0.419. The predicted molar refractivity (Wildman–Crippen MR) is 120 cm³/mol. The Balaban J connectivity index is 1.95. The number of hydrogen-bond acceptors (Lipinski definition) is 3. The lowest BCUT2D eigenvalue weighted by Crippen LogP contribution is -2.13. The van der Waals surface area contributed by atoms with Gasteiger partial charge in [-0.05, 0) is 61.4 Å². The molecule has 0 spiro atoms. The standard InChI is InChI=1S/C25H23NO3S/c1-18-9-12-23(13-10-18)30(27,28)26-17-21(20-7-5-4-6-8-20)16-25(26)24-14-11-22(29-3)15-19(24)2/h4-17H,1-3H3. The van der Waals surface area contributed by atoms with Crippen LogP contribution < -0.4 is 4.74 Å². The summed E-state index contributed by atoms with van der Waals surface area (Å²) in [5.74, 6) is 0.735. The molecule has 0 aliphatic rings. The number of rotatable bonds is 5. The minimum absolute atomic E-state index is 0.260. The number of benzene rings is 3. The number of ether oxygens (including phenoxy) is 1. The van der Waals surface area contributed by atoms with Crippen LogP contribution in [0.1, 0.15) is 11.1 Å². The first-order valence-electron chi connectivity index (χ1n) is 9.65. The summed E-state index contributed by atoms with van der Waals surface area (Å²) in [6.45, 7) is 3.89. The van der Waals surface area contributed by atoms with Crippen LogP contribution in [0.2, 0.25) is 0 Å². The summed E-state index contributed by atoms with van der Waals surface area (Å²) in [5, 5.41) is 0. The molecule has 0 N–H and O–H groups in total. The van der Waals surface area contributed by atoms with Crippen LogP contribution >= 0.6 is 0 Å². The first-order valence-corrected chi connectivity index (χ1v) is 11.1. The minimum atomic E-state index is -3.77. The summed E-state index contributed by atoms with van der Waals surface area (Å²) in [6, 6.07) is 24.3. The number of hydrogen-bond donors (Lipinski definition) is 0. The van der Waals surface area contributed by atoms with Crippen LogP contribution in [0.25, 0.3) is 22.4 Å². The van der Waals surface area contributed by atoms with E-state index in [-0.39, 0.29) is 4.90 Å². The third-order valence-corrected chi connectivity index (χ3v) is 6.87. The maximum Gasteiger partial charge on any atom is 0.268 e. The highest BCUT2D eigenvalue weighted by Gasteiger charge is 2.23. The topological polar surface area (TPSA) is 48.3 Å². The second kappa shape index (κ2) is 7.84. The van der Waals surface area contributed by atoms with Gasteiger partial charge in [-0.25, -0.2) is 12.4 Å². The number of nitrogens with zero attached hydrogens (tertiary/aromatic N) is 1. The minimum Gasteiger partial charge on any atom is -0.497 e. The maximum absolute atomic E-state index is 13.6. The van der Waals surface area contributed by atoms with Crippen LogP contribution in [-0.2, 0) is 10.0 Å². The molecule has 0 unspecified atom stereocenters. The zero-order valence-corrected chi connectivity index (χ0v) is 18.0. The molecule has 1 aromatic heterocycles. The second-order valence-electron chi connectivity index (χ2n) is 7.27. The summed E-state index contributed by atoms with van der Waals surface area (Å²) in [6.07, 6.45) is 1.70. The highest BCUT2D eigenvalue weighted by molar-refractivity contribution is 7.90. The number of aryl methyl sites for hydroxylation is 2. The van der Waals surface area contributed by atoms with Gasteiger partial charge in [0.1, 0.15) is 5.75 Å². The largest absolute Gasteiger partial charge is 0.497 e. The van der Waals surface area contributed by atoms with E-state index in [0.717, 1.165) is 33.6 Å². The first-order chi connectivity index (χ1) is 14.4. The molecule has 4 rings (SSSR count). The van der Waals surface area contributed by atoms with Crippen LogP contribution in [0.5, 0.6) is 5.75 Å². The van der Waals surface area contributed by atoms with Gasteiger partial charge in [0, 0.05) is 17.3 Å². The molecule has 152 valence electrons. The zero-order chi connectivity index (χ0) is 21.3. The van der Waals surface area contributed by atoms with Crippen molar-refractivity contribution < 1.29 is 13.2 Å². The Labute approximate surface area is 177 Å². The van der Waals surface area contributed by atoms with Gasteiger partial charge in [-0.15, -0.1) is 0 Å². The predicted octanol–water partition coefficient (Wildman–Crippen LogP) is 5.68. The van der Waals surface area contributed by atoms with Gasteiger partial charge in [-0.1, -0.05) is 48.0 Å². The molecule has 0 saturated heterocycles. The molecule has 5 heteroatoms. The monoisotopic (exact) mass is 417 g/mol. The van der Waals surface area contributed by atoms with Gasteiger partial charge in [-0.2, -0.15) is 0 Å². The fourth-order valence-electron chi connectivity index (χ4n) is 3.50. The highest BCUT2D eigenvalue weighted by atomic mass is 32.2. The molecule has 1 heterocycles. The maximum atomic E-state index is 13.6. The van der Waals surface area contributed by atoms with Crippen LogP contribution in [0.15, 0.2) is 90.0 Å². The van der Waals surface area contributed by atoms with Gasteiger partial charge in [-0.3, -0.25) is 0 Å². The molecule has 0 amide bonds. The Morgan fingerprint density at radius 2 is 1.50 bits per heavy atom. The van der Waals surface area contributed by atoms with E-state index in [9.17, 15) is 8.42 Å². The smallest absolute Gasteiger partial charge is 0.268 e. The average molecular weight is 418 g/mol. The molecule has 3 aromatic carbocycles. The van der Waals surface area contributed by atoms with E-state index < -0.39 is 10.0 Å². The average Bonchev–Trinajstić information content (AvgIpc) is 3.20. The van der Waals surface area contributed by atoms with Gasteiger partial charge in [0.2, 0.25) is 0 Å². The van der Waals surface area contributed by atoms with Gasteiger partial charge in [0.05, 0.1) is 17.7 Å². The van der Waals surface area contributed by atoms with Gasteiger partial charge in [0.25, 0.3) is 10.0 Å². The van der Waals surface area contributed by atoms with Crippen molar-refractivity contribution in [1.82, 2.24) is 3.97 Å². The zero-order valence-electron chi connectivity index (χ0n) is 17.2. The normalized spacial score (nSPS) is 11.4. The Bertz CT molecular complexity index is 1290. The Hall–Kier alpha value is -3.31. The Kier molecular flexibility index (Phi) is 5.22. The molecule has 0 saturated carbocycles. The summed E-state index contributed by atoms with van der Waals surface area (Å²) >= 11 is 0. The molecular formula is C25H23NO3S. The third-order valence-electron chi connectivity index (χ3n) is 5.18. The van der Waals surface area contributed by atoms with Crippen LogP contribution in [0.3, 0.4) is 0 Å². The van der Waals surface area contributed by atoms with Crippen molar-refractivity contribution in [2.24, 2.45) is 0 Å². The lowest BCUT2D eigenvalue weighted by molar-refractivity contribution is 0.414. The first kappa shape index (κ1) is 20.0. The van der Waals surface area contributed by atoms with E-state index in [4.69, 9.17) is 4.74 Å². The van der Waals surface area contributed by atoms with Crippen LogP contribution in [-0.4, -0.2) is 19.5 Å². The van der Waals surface area contributed by atoms with Crippen molar-refractivity contribution in [1.29, 1.82) is 0 Å². The van der Waals surface area contributed by atoms with Gasteiger partial charge >= 0.3 is 0 Å². The van der Waals surface area contributed by atoms with Crippen molar-refractivity contribution in [3.8, 4) is 28.1 Å². The number of aromatic nitrogens is 1. The lowest BCUT2D eigenvalue weighted by atomic mass is 10.0. The molecular weight excluding hydrogens is 394 g/mol. The van der Waals surface area contributed by atoms with Crippen molar-refractivity contribution in [3.05, 3.63) is 96.2 Å². The summed E-state index contributed by atoms with van der Waals surface area (Å²) in [7, 11) is -2.15. The van der Waals surface area contributed by atoms with Crippen molar-refractivity contribution in [2.75, 3.05) is 7.11 Å². The Morgan fingerprint density at radius 3 is 2.13 bits per heavy atom. The molecule has 0 atom stereocenters. The highest BCUT2D eigenvalue weighted by Crippen LogP contribution is 2.34. The van der Waals surface area contributed by atoms with E-state index in [1.165, 1.54) is 3.97 Å². The lowest BCUT2D eigenvalue weighted by Gasteiger charge is -2.13. The SMILES string of the molecule is COc1ccc(-c2cc(-c3ccccc3)cn2S(=O)(=O)c2ccc(C)cc2)c(C)c1. The van der Waals surface area contributed by atoms with E-state index >= 15 is 0 Å². The number of methoxy groups -OCH3 is 1. The summed E-state index contributed by atoms with van der Waals surface area (Å²) in [4.78, 5) is 0.260. The molecule has 0 aliphatic heterocycles. The summed E-state index contributed by atoms with van der Waals surface area (Å²) < 4.78 is 33.8. The van der Waals surface area contributed by atoms with Gasteiger partial charge in [0.15, 0.2) is 0 Å². The molecule has 4 nitrogen and oxygen atoms in total. The molecule has 0 aliphatic carbocycles. The van der Waals surface area contributed by atoms with E-state index in [2.05, 4.69) is 0 Å². The molecule has 0 fully saturated rings. The fraction of sp³-hybridized carbons (Fsp3) is 0.120. The van der Waals surface area contributed by atoms with Crippen molar-refractivity contribution in [2.45, 2.75) is 18.7 Å². The van der Waals surface area contributed by atoms with E-state index in [0.29, 0.717) is 5.69 Å².